The largest absolute Gasteiger partial charge is 0.412 e. The summed E-state index contributed by atoms with van der Waals surface area (Å²) in [4.78, 5) is 0. The molecule has 0 saturated carbocycles. The summed E-state index contributed by atoms with van der Waals surface area (Å²) in [7, 11) is 0. The van der Waals surface area contributed by atoms with Gasteiger partial charge in [0, 0.05) is 33.2 Å². The van der Waals surface area contributed by atoms with Crippen LogP contribution in [0.15, 0.2) is 54.6 Å². The van der Waals surface area contributed by atoms with Crippen LogP contribution in [-0.4, -0.2) is 36.1 Å². The molecule has 3 aromatic carbocycles. The maximum Gasteiger partial charge on any atom is 0.0408 e. The van der Waals surface area contributed by atoms with Crippen molar-refractivity contribution >= 4 is 72.0 Å². The molecule has 3 heterocycles. The molecular formula is C36H53Cl6N3O3. The number of nitrogens with one attached hydrogen (secondary N) is 3. The van der Waals surface area contributed by atoms with Crippen LogP contribution in [-0.2, 0) is 19.3 Å². The van der Waals surface area contributed by atoms with E-state index < -0.39 is 0 Å². The van der Waals surface area contributed by atoms with E-state index in [1.54, 1.807) is 0 Å². The Hall–Kier alpha value is -0.840. The van der Waals surface area contributed by atoms with Crippen molar-refractivity contribution in [2.45, 2.75) is 88.8 Å². The van der Waals surface area contributed by atoms with Gasteiger partial charge < -0.3 is 32.4 Å². The maximum absolute atomic E-state index is 6.33. The maximum atomic E-state index is 6.33. The quantitative estimate of drug-likeness (QED) is 0.170. The number of hydrogen-bond donors (Lipinski definition) is 3. The molecule has 12 heteroatoms. The minimum atomic E-state index is 0. The van der Waals surface area contributed by atoms with E-state index in [9.17, 15) is 0 Å². The molecule has 0 fully saturated rings. The van der Waals surface area contributed by atoms with Gasteiger partial charge in [0.05, 0.1) is 0 Å². The molecule has 0 saturated heterocycles. The van der Waals surface area contributed by atoms with E-state index in [0.717, 1.165) is 59.9 Å². The highest BCUT2D eigenvalue weighted by Crippen LogP contribution is 2.36. The van der Waals surface area contributed by atoms with Crippen LogP contribution in [0.4, 0.5) is 0 Å². The Kier molecular flexibility index (Phi) is 22.5. The Bertz CT molecular complexity index is 1320. The highest BCUT2D eigenvalue weighted by atomic mass is 35.5. The Morgan fingerprint density at radius 1 is 0.500 bits per heavy atom. The molecule has 3 unspecified atom stereocenters. The minimum absolute atomic E-state index is 0. The topological polar surface area (TPSA) is 131 Å². The van der Waals surface area contributed by atoms with E-state index in [0.29, 0.717) is 18.1 Å². The predicted molar refractivity (Wildman–Crippen MR) is 211 cm³/mol. The third-order valence-electron chi connectivity index (χ3n) is 9.88. The number of unbranched alkanes of at least 4 members (excludes halogenated alkanes) is 1. The average Bonchev–Trinajstić information content (AvgIpc) is 2.99. The van der Waals surface area contributed by atoms with Crippen molar-refractivity contribution in [1.29, 1.82) is 0 Å². The molecule has 0 radical (unpaired) electrons. The zero-order chi connectivity index (χ0) is 28.9. The summed E-state index contributed by atoms with van der Waals surface area (Å²) in [5.41, 5.74) is 8.62. The first-order valence-corrected chi connectivity index (χ1v) is 17.2. The molecule has 48 heavy (non-hydrogen) atoms. The zero-order valence-electron chi connectivity index (χ0n) is 27.3. The van der Waals surface area contributed by atoms with Gasteiger partial charge in [-0.05, 0) is 147 Å². The molecule has 0 aromatic heterocycles. The van der Waals surface area contributed by atoms with Gasteiger partial charge in [0.2, 0.25) is 0 Å². The first-order valence-electron chi connectivity index (χ1n) is 16.1. The average molecular weight is 789 g/mol. The van der Waals surface area contributed by atoms with Gasteiger partial charge in [-0.3, -0.25) is 0 Å². The molecule has 3 atom stereocenters. The van der Waals surface area contributed by atoms with Gasteiger partial charge in [-0.15, -0.1) is 37.2 Å². The van der Waals surface area contributed by atoms with Crippen molar-refractivity contribution in [2.75, 3.05) is 19.6 Å². The second-order valence-electron chi connectivity index (χ2n) is 12.6. The second kappa shape index (κ2) is 22.9. The summed E-state index contributed by atoms with van der Waals surface area (Å²) in [6, 6.07) is 20.7. The third-order valence-corrected chi connectivity index (χ3v) is 10.6. The van der Waals surface area contributed by atoms with Gasteiger partial charge in [0.15, 0.2) is 0 Å². The number of hydrogen-bond acceptors (Lipinski definition) is 3. The van der Waals surface area contributed by atoms with Crippen LogP contribution in [0.1, 0.15) is 103 Å². The lowest BCUT2D eigenvalue weighted by molar-refractivity contribution is 0.323. The number of fused-ring (bicyclic) bond motifs is 3. The zero-order valence-corrected chi connectivity index (χ0v) is 32.0. The molecule has 0 bridgehead atoms. The fourth-order valence-corrected chi connectivity index (χ4v) is 8.24. The Balaban J connectivity index is 0.00000368. The summed E-state index contributed by atoms with van der Waals surface area (Å²) in [5, 5.41) is 14.0. The van der Waals surface area contributed by atoms with Gasteiger partial charge in [-0.25, -0.2) is 0 Å². The van der Waals surface area contributed by atoms with Crippen molar-refractivity contribution in [1.82, 2.24) is 16.0 Å². The molecular weight excluding hydrogens is 735 g/mol. The highest BCUT2D eigenvalue weighted by molar-refractivity contribution is 6.31. The van der Waals surface area contributed by atoms with Crippen molar-refractivity contribution < 1.29 is 16.4 Å². The molecule has 272 valence electrons. The summed E-state index contributed by atoms with van der Waals surface area (Å²) in [6.45, 7) is 3.12. The lowest BCUT2D eigenvalue weighted by Crippen LogP contribution is -2.31. The van der Waals surface area contributed by atoms with E-state index in [1.807, 2.05) is 6.07 Å². The predicted octanol–water partition coefficient (Wildman–Crippen LogP) is 8.14. The third kappa shape index (κ3) is 12.1. The van der Waals surface area contributed by atoms with E-state index in [4.69, 9.17) is 34.8 Å². The summed E-state index contributed by atoms with van der Waals surface area (Å²) < 4.78 is 0. The number of rotatable bonds is 11. The van der Waals surface area contributed by atoms with Gasteiger partial charge in [-0.1, -0.05) is 72.3 Å². The molecule has 0 amide bonds. The Labute approximate surface area is 320 Å². The Morgan fingerprint density at radius 3 is 1.23 bits per heavy atom. The lowest BCUT2D eigenvalue weighted by atomic mass is 9.83. The van der Waals surface area contributed by atoms with Crippen LogP contribution in [0, 0.1) is 5.92 Å². The molecule has 6 rings (SSSR count). The van der Waals surface area contributed by atoms with Crippen LogP contribution in [0.2, 0.25) is 15.1 Å². The normalized spacial score (nSPS) is 19.4. The standard InChI is InChI=1S/C36H44Cl3N3.3ClH.3H2O/c37-28-7-10-31-25(21-28)15-18-40-34(31)4-2-1-3-24(5-13-35-32-11-8-29(38)22-26(32)16-19-41-35)6-14-36-33-12-9-30(39)23-27(33)17-20-42-36;;;;;;/h7-12,21-24,34-36,40-42H,1-6,13-20H2;3*1H;3*1H2. The molecule has 6 nitrogen and oxygen atoms in total. The molecule has 0 aliphatic carbocycles. The van der Waals surface area contributed by atoms with Crippen molar-refractivity contribution in [3.8, 4) is 0 Å². The molecule has 3 aromatic rings. The van der Waals surface area contributed by atoms with Gasteiger partial charge in [0.1, 0.15) is 0 Å². The van der Waals surface area contributed by atoms with Crippen LogP contribution in [0.3, 0.4) is 0 Å². The minimum Gasteiger partial charge on any atom is -0.412 e. The molecule has 9 N–H and O–H groups in total. The van der Waals surface area contributed by atoms with E-state index in [1.165, 1.54) is 84.7 Å². The summed E-state index contributed by atoms with van der Waals surface area (Å²) in [6.07, 6.45) is 13.1. The molecule has 3 aliphatic heterocycles. The van der Waals surface area contributed by atoms with Crippen LogP contribution in [0.5, 0.6) is 0 Å². The smallest absolute Gasteiger partial charge is 0.0408 e. The number of benzene rings is 3. The first-order chi connectivity index (χ1) is 20.5. The highest BCUT2D eigenvalue weighted by Gasteiger charge is 2.25. The number of halogens is 6. The monoisotopic (exact) mass is 785 g/mol. The van der Waals surface area contributed by atoms with Crippen LogP contribution >= 0.6 is 72.0 Å². The van der Waals surface area contributed by atoms with E-state index in [2.05, 4.69) is 64.5 Å². The van der Waals surface area contributed by atoms with Crippen molar-refractivity contribution in [3.63, 3.8) is 0 Å². The van der Waals surface area contributed by atoms with Crippen molar-refractivity contribution in [3.05, 3.63) is 103 Å². The fraction of sp³-hybridized carbons (Fsp3) is 0.500. The van der Waals surface area contributed by atoms with Crippen molar-refractivity contribution in [2.24, 2.45) is 5.92 Å². The molecule has 3 aliphatic rings. The molecule has 0 spiro atoms. The second-order valence-corrected chi connectivity index (χ2v) is 13.9. The van der Waals surface area contributed by atoms with Crippen LogP contribution < -0.4 is 16.0 Å². The van der Waals surface area contributed by atoms with E-state index >= 15 is 0 Å². The summed E-state index contributed by atoms with van der Waals surface area (Å²) in [5.74, 6) is 0.717. The Morgan fingerprint density at radius 2 is 0.854 bits per heavy atom. The fourth-order valence-electron chi connectivity index (χ4n) is 7.66. The SMILES string of the molecule is Cl.Cl.Cl.Clc1ccc2c(c1)CCNC2CCCCC(CCC1NCCc2cc(Cl)ccc21)CCC1NCCc2cc(Cl)ccc21.O.O.O. The van der Waals surface area contributed by atoms with Gasteiger partial charge in [0.25, 0.3) is 0 Å². The van der Waals surface area contributed by atoms with Gasteiger partial charge >= 0.3 is 0 Å². The van der Waals surface area contributed by atoms with Crippen LogP contribution in [0.25, 0.3) is 0 Å². The van der Waals surface area contributed by atoms with Gasteiger partial charge in [-0.2, -0.15) is 0 Å². The first kappa shape index (κ1) is 47.2. The lowest BCUT2D eigenvalue weighted by Gasteiger charge is -2.31. The van der Waals surface area contributed by atoms with E-state index in [-0.39, 0.29) is 53.6 Å². The summed E-state index contributed by atoms with van der Waals surface area (Å²) >= 11 is 18.9.